The quantitative estimate of drug-likeness (QED) is 0.827. The van der Waals surface area contributed by atoms with Crippen LogP contribution in [0.5, 0.6) is 5.75 Å². The van der Waals surface area contributed by atoms with Crippen LogP contribution in [-0.2, 0) is 6.42 Å². The lowest BCUT2D eigenvalue weighted by Crippen LogP contribution is -2.50. The maximum Gasteiger partial charge on any atom is 0.119 e. The molecule has 0 amide bonds. The lowest BCUT2D eigenvalue weighted by atomic mass is 9.79. The minimum Gasteiger partial charge on any atom is -0.494 e. The van der Waals surface area contributed by atoms with E-state index in [4.69, 9.17) is 10.5 Å². The summed E-state index contributed by atoms with van der Waals surface area (Å²) < 4.78 is 5.80. The first-order valence-electron chi connectivity index (χ1n) is 9.48. The molecule has 0 radical (unpaired) electrons. The van der Waals surface area contributed by atoms with Crippen molar-refractivity contribution in [2.75, 3.05) is 19.7 Å². The number of nitrogens with zero attached hydrogens (tertiary/aromatic N) is 1. The van der Waals surface area contributed by atoms with Gasteiger partial charge in [0.25, 0.3) is 0 Å². The summed E-state index contributed by atoms with van der Waals surface area (Å²) in [5, 5.41) is 0. The highest BCUT2D eigenvalue weighted by Gasteiger charge is 2.36. The van der Waals surface area contributed by atoms with E-state index in [1.54, 1.807) is 0 Å². The number of halogens is 1. The minimum atomic E-state index is 0. The van der Waals surface area contributed by atoms with Crippen LogP contribution in [0, 0.1) is 5.92 Å². The Morgan fingerprint density at radius 3 is 2.83 bits per heavy atom. The molecule has 1 aromatic carbocycles. The van der Waals surface area contributed by atoms with Crippen LogP contribution in [0.3, 0.4) is 0 Å². The highest BCUT2D eigenvalue weighted by molar-refractivity contribution is 5.85. The van der Waals surface area contributed by atoms with Gasteiger partial charge in [-0.05, 0) is 54.9 Å². The maximum absolute atomic E-state index is 6.53. The van der Waals surface area contributed by atoms with Gasteiger partial charge in [-0.3, -0.25) is 4.90 Å². The van der Waals surface area contributed by atoms with E-state index < -0.39 is 0 Å². The monoisotopic (exact) mass is 352 g/mol. The summed E-state index contributed by atoms with van der Waals surface area (Å²) in [7, 11) is 0. The molecule has 3 rings (SSSR count). The van der Waals surface area contributed by atoms with Crippen molar-refractivity contribution in [3.8, 4) is 5.75 Å². The molecule has 1 saturated heterocycles. The minimum absolute atomic E-state index is 0. The Labute approximate surface area is 153 Å². The standard InChI is InChI=1S/C20H32N2O.ClH/c1-3-5-6-16-14-22-10-9-15-12-17(23-11-4-2)7-8-18(15)20(22)13-19(16)21;/h7-8,12,16,19-20H,3-6,9-11,13-14,21H2,1-2H3;1H/t16-,19-,20?;/m1./s1. The number of hydrogen-bond acceptors (Lipinski definition) is 3. The van der Waals surface area contributed by atoms with Crippen LogP contribution < -0.4 is 10.5 Å². The van der Waals surface area contributed by atoms with E-state index in [1.807, 2.05) is 0 Å². The normalized spacial score (nSPS) is 26.2. The van der Waals surface area contributed by atoms with Gasteiger partial charge in [0.2, 0.25) is 0 Å². The SMILES string of the molecule is CCCC[C@@H]1CN2CCc3cc(OCCC)ccc3C2C[C@H]1N.Cl. The summed E-state index contributed by atoms with van der Waals surface area (Å²) in [6.07, 6.45) is 7.18. The van der Waals surface area contributed by atoms with Crippen molar-refractivity contribution in [1.29, 1.82) is 0 Å². The summed E-state index contributed by atoms with van der Waals surface area (Å²) in [5.41, 5.74) is 9.49. The largest absolute Gasteiger partial charge is 0.494 e. The number of piperidine rings is 1. The molecule has 3 nitrogen and oxygen atoms in total. The lowest BCUT2D eigenvalue weighted by Gasteiger charge is -2.46. The van der Waals surface area contributed by atoms with Crippen molar-refractivity contribution < 1.29 is 4.74 Å². The van der Waals surface area contributed by atoms with Crippen LogP contribution in [0.1, 0.15) is 63.1 Å². The zero-order chi connectivity index (χ0) is 16.2. The summed E-state index contributed by atoms with van der Waals surface area (Å²) in [6, 6.07) is 7.57. The molecule has 24 heavy (non-hydrogen) atoms. The molecule has 4 heteroatoms. The van der Waals surface area contributed by atoms with Gasteiger partial charge >= 0.3 is 0 Å². The first-order chi connectivity index (χ1) is 11.2. The molecular weight excluding hydrogens is 320 g/mol. The van der Waals surface area contributed by atoms with Gasteiger partial charge in [-0.2, -0.15) is 0 Å². The molecule has 1 fully saturated rings. The van der Waals surface area contributed by atoms with Crippen molar-refractivity contribution in [2.24, 2.45) is 11.7 Å². The summed E-state index contributed by atoms with van der Waals surface area (Å²) in [5.74, 6) is 1.71. The summed E-state index contributed by atoms with van der Waals surface area (Å²) in [4.78, 5) is 2.68. The topological polar surface area (TPSA) is 38.5 Å². The zero-order valence-electron chi connectivity index (χ0n) is 15.2. The molecule has 0 aromatic heterocycles. The van der Waals surface area contributed by atoms with Gasteiger partial charge in [-0.25, -0.2) is 0 Å². The second kappa shape index (κ2) is 9.07. The van der Waals surface area contributed by atoms with Crippen LogP contribution in [0.2, 0.25) is 0 Å². The number of nitrogens with two attached hydrogens (primary N) is 1. The average molecular weight is 353 g/mol. The van der Waals surface area contributed by atoms with Crippen molar-refractivity contribution >= 4 is 12.4 Å². The smallest absolute Gasteiger partial charge is 0.119 e. The molecule has 0 saturated carbocycles. The van der Waals surface area contributed by atoms with Gasteiger partial charge in [0.1, 0.15) is 5.75 Å². The highest BCUT2D eigenvalue weighted by atomic mass is 35.5. The third kappa shape index (κ3) is 4.25. The number of ether oxygens (including phenoxy) is 1. The predicted octanol–water partition coefficient (Wildman–Crippen LogP) is 4.33. The van der Waals surface area contributed by atoms with E-state index in [9.17, 15) is 0 Å². The van der Waals surface area contributed by atoms with E-state index in [2.05, 4.69) is 36.9 Å². The van der Waals surface area contributed by atoms with Crippen molar-refractivity contribution in [2.45, 2.75) is 64.5 Å². The molecule has 3 atom stereocenters. The molecule has 1 aromatic rings. The Bertz CT molecular complexity index is 522. The molecule has 2 aliphatic rings. The molecule has 0 spiro atoms. The Morgan fingerprint density at radius 1 is 1.25 bits per heavy atom. The third-order valence-corrected chi connectivity index (χ3v) is 5.55. The zero-order valence-corrected chi connectivity index (χ0v) is 16.0. The van der Waals surface area contributed by atoms with Gasteiger partial charge in [0, 0.05) is 25.2 Å². The van der Waals surface area contributed by atoms with Crippen LogP contribution >= 0.6 is 12.4 Å². The molecule has 2 N–H and O–H groups in total. The molecule has 1 unspecified atom stereocenters. The number of rotatable bonds is 6. The molecule has 136 valence electrons. The Balaban J connectivity index is 0.00000208. The van der Waals surface area contributed by atoms with Crippen molar-refractivity contribution in [1.82, 2.24) is 4.90 Å². The van der Waals surface area contributed by atoms with Gasteiger partial charge < -0.3 is 10.5 Å². The Kier molecular flexibility index (Phi) is 7.39. The number of unbranched alkanes of at least 4 members (excludes halogenated alkanes) is 1. The molecule has 0 aliphatic carbocycles. The first kappa shape index (κ1) is 19.6. The second-order valence-corrected chi connectivity index (χ2v) is 7.27. The predicted molar refractivity (Wildman–Crippen MR) is 103 cm³/mol. The summed E-state index contributed by atoms with van der Waals surface area (Å²) >= 11 is 0. The third-order valence-electron chi connectivity index (χ3n) is 5.55. The number of fused-ring (bicyclic) bond motifs is 3. The Morgan fingerprint density at radius 2 is 2.08 bits per heavy atom. The fourth-order valence-electron chi connectivity index (χ4n) is 4.20. The van der Waals surface area contributed by atoms with Crippen molar-refractivity contribution in [3.05, 3.63) is 29.3 Å². The van der Waals surface area contributed by atoms with E-state index in [1.165, 1.54) is 43.5 Å². The fourth-order valence-corrected chi connectivity index (χ4v) is 4.20. The van der Waals surface area contributed by atoms with Crippen LogP contribution in [0.4, 0.5) is 0 Å². The van der Waals surface area contributed by atoms with Crippen LogP contribution in [-0.4, -0.2) is 30.6 Å². The first-order valence-corrected chi connectivity index (χ1v) is 9.48. The van der Waals surface area contributed by atoms with E-state index >= 15 is 0 Å². The van der Waals surface area contributed by atoms with Crippen LogP contribution in [0.15, 0.2) is 18.2 Å². The molecule has 2 aliphatic heterocycles. The van der Waals surface area contributed by atoms with Gasteiger partial charge in [-0.1, -0.05) is 32.8 Å². The lowest BCUT2D eigenvalue weighted by molar-refractivity contribution is 0.0785. The molecule has 2 heterocycles. The van der Waals surface area contributed by atoms with Crippen LogP contribution in [0.25, 0.3) is 0 Å². The summed E-state index contributed by atoms with van der Waals surface area (Å²) in [6.45, 7) is 7.57. The van der Waals surface area contributed by atoms with E-state index in [0.717, 1.165) is 31.6 Å². The van der Waals surface area contributed by atoms with Gasteiger partial charge in [0.05, 0.1) is 6.61 Å². The highest BCUT2D eigenvalue weighted by Crippen LogP contribution is 2.40. The molecular formula is C20H33ClN2O. The second-order valence-electron chi connectivity index (χ2n) is 7.27. The van der Waals surface area contributed by atoms with E-state index in [0.29, 0.717) is 18.0 Å². The number of benzene rings is 1. The van der Waals surface area contributed by atoms with E-state index in [-0.39, 0.29) is 12.4 Å². The van der Waals surface area contributed by atoms with Crippen molar-refractivity contribution in [3.63, 3.8) is 0 Å². The Hall–Kier alpha value is -0.770. The maximum atomic E-state index is 6.53. The number of hydrogen-bond donors (Lipinski definition) is 1. The molecule has 0 bridgehead atoms. The van der Waals surface area contributed by atoms with Gasteiger partial charge in [-0.15, -0.1) is 12.4 Å². The van der Waals surface area contributed by atoms with Gasteiger partial charge in [0.15, 0.2) is 0 Å². The average Bonchev–Trinajstić information content (AvgIpc) is 2.58. The fraction of sp³-hybridized carbons (Fsp3) is 0.700.